The molecular weight excluding hydrogens is 296 g/mol. The van der Waals surface area contributed by atoms with Gasteiger partial charge in [-0.1, -0.05) is 42.5 Å². The quantitative estimate of drug-likeness (QED) is 0.848. The summed E-state index contributed by atoms with van der Waals surface area (Å²) >= 11 is 0. The van der Waals surface area contributed by atoms with Crippen molar-refractivity contribution in [1.82, 2.24) is 9.80 Å². The molecule has 0 saturated carbocycles. The van der Waals surface area contributed by atoms with Crippen LogP contribution in [0.2, 0.25) is 0 Å². The van der Waals surface area contributed by atoms with Gasteiger partial charge < -0.3 is 4.90 Å². The molecule has 0 bridgehead atoms. The molecule has 24 heavy (non-hydrogen) atoms. The highest BCUT2D eigenvalue weighted by molar-refractivity contribution is 5.95. The summed E-state index contributed by atoms with van der Waals surface area (Å²) in [5.41, 5.74) is 4.85. The molecule has 1 amide bonds. The highest BCUT2D eigenvalue weighted by Gasteiger charge is 2.32. The molecular formula is C21H24N2O. The lowest BCUT2D eigenvalue weighted by Crippen LogP contribution is -2.41. The van der Waals surface area contributed by atoms with Gasteiger partial charge in [-0.25, -0.2) is 0 Å². The number of likely N-dealkylation sites (tertiary alicyclic amines) is 1. The summed E-state index contributed by atoms with van der Waals surface area (Å²) in [6, 6.07) is 17.1. The molecule has 0 spiro atoms. The second-order valence-corrected chi connectivity index (χ2v) is 7.00. The van der Waals surface area contributed by atoms with E-state index in [0.717, 1.165) is 50.1 Å². The number of fused-ring (bicyclic) bond motifs is 1. The second kappa shape index (κ2) is 6.40. The van der Waals surface area contributed by atoms with Crippen LogP contribution in [0.25, 0.3) is 0 Å². The molecule has 2 aromatic carbocycles. The average Bonchev–Trinajstić information content (AvgIpc) is 3.11. The minimum atomic E-state index is 0.188. The smallest absolute Gasteiger partial charge is 0.254 e. The van der Waals surface area contributed by atoms with E-state index < -0.39 is 0 Å². The van der Waals surface area contributed by atoms with Gasteiger partial charge in [-0.2, -0.15) is 0 Å². The maximum Gasteiger partial charge on any atom is 0.254 e. The molecule has 1 saturated heterocycles. The summed E-state index contributed by atoms with van der Waals surface area (Å²) in [6.45, 7) is 5.87. The Morgan fingerprint density at radius 1 is 1.00 bits per heavy atom. The van der Waals surface area contributed by atoms with E-state index in [1.807, 2.05) is 36.1 Å². The highest BCUT2D eigenvalue weighted by Crippen LogP contribution is 2.25. The molecule has 2 heterocycles. The molecule has 2 aliphatic rings. The molecule has 0 aliphatic carbocycles. The van der Waals surface area contributed by atoms with E-state index in [1.54, 1.807) is 0 Å². The van der Waals surface area contributed by atoms with Gasteiger partial charge in [0.25, 0.3) is 5.91 Å². The van der Waals surface area contributed by atoms with Crippen LogP contribution >= 0.6 is 0 Å². The van der Waals surface area contributed by atoms with E-state index in [1.165, 1.54) is 11.1 Å². The van der Waals surface area contributed by atoms with Gasteiger partial charge in [0.2, 0.25) is 0 Å². The summed E-state index contributed by atoms with van der Waals surface area (Å²) in [4.78, 5) is 17.4. The lowest BCUT2D eigenvalue weighted by atomic mass is 9.98. The predicted octanol–water partition coefficient (Wildman–Crippen LogP) is 3.27. The van der Waals surface area contributed by atoms with Gasteiger partial charge in [0.1, 0.15) is 0 Å². The highest BCUT2D eigenvalue weighted by atomic mass is 16.2. The molecule has 4 rings (SSSR count). The van der Waals surface area contributed by atoms with Gasteiger partial charge in [0.15, 0.2) is 0 Å². The van der Waals surface area contributed by atoms with Crippen molar-refractivity contribution in [2.24, 2.45) is 0 Å². The van der Waals surface area contributed by atoms with Gasteiger partial charge in [-0.05, 0) is 42.5 Å². The first-order valence-corrected chi connectivity index (χ1v) is 8.88. The fraction of sp³-hybridized carbons (Fsp3) is 0.381. The van der Waals surface area contributed by atoms with Crippen molar-refractivity contribution in [3.63, 3.8) is 0 Å². The monoisotopic (exact) mass is 320 g/mol. The van der Waals surface area contributed by atoms with Gasteiger partial charge in [-0.15, -0.1) is 0 Å². The minimum absolute atomic E-state index is 0.188. The Morgan fingerprint density at radius 2 is 1.75 bits per heavy atom. The Kier molecular flexibility index (Phi) is 4.11. The molecule has 124 valence electrons. The van der Waals surface area contributed by atoms with Crippen molar-refractivity contribution in [3.8, 4) is 0 Å². The summed E-state index contributed by atoms with van der Waals surface area (Å²) in [5.74, 6) is 0.188. The zero-order chi connectivity index (χ0) is 16.5. The number of hydrogen-bond acceptors (Lipinski definition) is 2. The third-order valence-electron chi connectivity index (χ3n) is 5.50. The maximum absolute atomic E-state index is 12.8. The standard InChI is InChI=1S/C21H24N2O/c1-16-6-2-5-9-20(16)21(24)23-13-11-19(15-23)22-12-10-17-7-3-4-8-18(17)14-22/h2-9,19H,10-15H2,1H3/t19-/m0/s1. The van der Waals surface area contributed by atoms with Crippen molar-refractivity contribution in [3.05, 3.63) is 70.8 Å². The number of aryl methyl sites for hydroxylation is 1. The third kappa shape index (κ3) is 2.84. The van der Waals surface area contributed by atoms with E-state index in [-0.39, 0.29) is 5.91 Å². The lowest BCUT2D eigenvalue weighted by Gasteiger charge is -2.33. The van der Waals surface area contributed by atoms with E-state index in [0.29, 0.717) is 6.04 Å². The topological polar surface area (TPSA) is 23.6 Å². The fourth-order valence-corrected chi connectivity index (χ4v) is 4.04. The molecule has 3 nitrogen and oxygen atoms in total. The second-order valence-electron chi connectivity index (χ2n) is 7.00. The van der Waals surface area contributed by atoms with Crippen LogP contribution in [-0.4, -0.2) is 41.4 Å². The van der Waals surface area contributed by atoms with Crippen molar-refractivity contribution in [1.29, 1.82) is 0 Å². The first-order chi connectivity index (χ1) is 11.7. The van der Waals surface area contributed by atoms with E-state index in [2.05, 4.69) is 29.2 Å². The number of rotatable bonds is 2. The number of carbonyl (C=O) groups excluding carboxylic acids is 1. The fourth-order valence-electron chi connectivity index (χ4n) is 4.04. The van der Waals surface area contributed by atoms with Crippen LogP contribution in [0.4, 0.5) is 0 Å². The third-order valence-corrected chi connectivity index (χ3v) is 5.50. The summed E-state index contributed by atoms with van der Waals surface area (Å²) in [5, 5.41) is 0. The van der Waals surface area contributed by atoms with Crippen LogP contribution in [-0.2, 0) is 13.0 Å². The molecule has 0 radical (unpaired) electrons. The molecule has 2 aliphatic heterocycles. The van der Waals surface area contributed by atoms with Gasteiger partial charge in [-0.3, -0.25) is 9.69 Å². The Morgan fingerprint density at radius 3 is 2.58 bits per heavy atom. The van der Waals surface area contributed by atoms with Crippen LogP contribution in [0.15, 0.2) is 48.5 Å². The Balaban J connectivity index is 1.44. The molecule has 1 atom stereocenters. The molecule has 1 fully saturated rings. The summed E-state index contributed by atoms with van der Waals surface area (Å²) in [7, 11) is 0. The van der Waals surface area contributed by atoms with E-state index >= 15 is 0 Å². The lowest BCUT2D eigenvalue weighted by molar-refractivity contribution is 0.0772. The van der Waals surface area contributed by atoms with Gasteiger partial charge in [0, 0.05) is 37.8 Å². The van der Waals surface area contributed by atoms with Crippen molar-refractivity contribution < 1.29 is 4.79 Å². The van der Waals surface area contributed by atoms with Gasteiger partial charge in [0.05, 0.1) is 0 Å². The number of benzene rings is 2. The molecule has 3 heteroatoms. The Hall–Kier alpha value is -2.13. The van der Waals surface area contributed by atoms with Crippen molar-refractivity contribution >= 4 is 5.91 Å². The van der Waals surface area contributed by atoms with E-state index in [4.69, 9.17) is 0 Å². The Labute approximate surface area is 143 Å². The first-order valence-electron chi connectivity index (χ1n) is 8.88. The normalized spacial score (nSPS) is 20.9. The Bertz CT molecular complexity index is 755. The SMILES string of the molecule is Cc1ccccc1C(=O)N1CC[C@H](N2CCc3ccccc3C2)C1. The number of hydrogen-bond donors (Lipinski definition) is 0. The van der Waals surface area contributed by atoms with E-state index in [9.17, 15) is 4.79 Å². The van der Waals surface area contributed by atoms with Gasteiger partial charge >= 0.3 is 0 Å². The molecule has 2 aromatic rings. The maximum atomic E-state index is 12.8. The molecule has 0 aromatic heterocycles. The van der Waals surface area contributed by atoms with Crippen LogP contribution in [0, 0.1) is 6.92 Å². The largest absolute Gasteiger partial charge is 0.337 e. The molecule has 0 N–H and O–H groups in total. The first kappa shape index (κ1) is 15.4. The average molecular weight is 320 g/mol. The number of carbonyl (C=O) groups is 1. The number of nitrogens with zero attached hydrogens (tertiary/aromatic N) is 2. The zero-order valence-corrected chi connectivity index (χ0v) is 14.2. The summed E-state index contributed by atoms with van der Waals surface area (Å²) < 4.78 is 0. The minimum Gasteiger partial charge on any atom is -0.337 e. The molecule has 0 unspecified atom stereocenters. The van der Waals surface area contributed by atoms with Crippen LogP contribution in [0.1, 0.15) is 33.5 Å². The van der Waals surface area contributed by atoms with Crippen molar-refractivity contribution in [2.45, 2.75) is 32.4 Å². The zero-order valence-electron chi connectivity index (χ0n) is 14.2. The number of amides is 1. The van der Waals surface area contributed by atoms with Crippen molar-refractivity contribution in [2.75, 3.05) is 19.6 Å². The predicted molar refractivity (Wildman–Crippen MR) is 96.0 cm³/mol. The summed E-state index contributed by atoms with van der Waals surface area (Å²) in [6.07, 6.45) is 2.21. The van der Waals surface area contributed by atoms with Crippen LogP contribution in [0.5, 0.6) is 0 Å². The van der Waals surface area contributed by atoms with Crippen LogP contribution in [0.3, 0.4) is 0 Å². The van der Waals surface area contributed by atoms with Crippen LogP contribution < -0.4 is 0 Å².